The predicted octanol–water partition coefficient (Wildman–Crippen LogP) is 12.1. The van der Waals surface area contributed by atoms with Gasteiger partial charge in [0.25, 0.3) is 0 Å². The van der Waals surface area contributed by atoms with Crippen molar-refractivity contribution < 1.29 is 4.11 Å². The van der Waals surface area contributed by atoms with E-state index in [1.165, 1.54) is 22.1 Å². The lowest BCUT2D eigenvalue weighted by Gasteiger charge is -2.20. The van der Waals surface area contributed by atoms with Crippen LogP contribution in [0.2, 0.25) is 0 Å². The summed E-state index contributed by atoms with van der Waals surface area (Å²) in [5, 5.41) is 4.22. The molecule has 8 aromatic rings. The van der Waals surface area contributed by atoms with Crippen LogP contribution in [-0.4, -0.2) is 14.1 Å². The third-order valence-electron chi connectivity index (χ3n) is 10.5. The fraction of sp³-hybridized carbons (Fsp3) is 0.213. The van der Waals surface area contributed by atoms with Gasteiger partial charge in [0, 0.05) is 20.6 Å². The average molecular weight is 683 g/mol. The molecule has 0 radical (unpaired) electrons. The van der Waals surface area contributed by atoms with Gasteiger partial charge in [0.15, 0.2) is 0 Å². The van der Waals surface area contributed by atoms with Gasteiger partial charge in [0.1, 0.15) is 5.52 Å². The van der Waals surface area contributed by atoms with Gasteiger partial charge in [-0.2, -0.15) is 0 Å². The first-order valence-corrected chi connectivity index (χ1v) is 18.1. The number of nitrogens with one attached hydrogen (secondary N) is 1. The lowest BCUT2D eigenvalue weighted by molar-refractivity contribution is 0.590. The maximum Gasteiger partial charge on any atom is 0.220 e. The molecule has 6 aromatic carbocycles. The fourth-order valence-corrected chi connectivity index (χ4v) is 7.68. The maximum absolute atomic E-state index is 8.37. The summed E-state index contributed by atoms with van der Waals surface area (Å²) in [5.41, 5.74) is 15.3. The molecule has 52 heavy (non-hydrogen) atoms. The van der Waals surface area contributed by atoms with E-state index in [1.807, 2.05) is 47.5 Å². The van der Waals surface area contributed by atoms with Crippen LogP contribution in [0.5, 0.6) is 0 Å². The first-order valence-electron chi connectivity index (χ1n) is 19.6. The van der Waals surface area contributed by atoms with Gasteiger partial charge >= 0.3 is 0 Å². The Labute approximate surface area is 310 Å². The van der Waals surface area contributed by atoms with E-state index in [9.17, 15) is 0 Å². The third kappa shape index (κ3) is 5.14. The fourth-order valence-electron chi connectivity index (χ4n) is 7.68. The van der Waals surface area contributed by atoms with Crippen LogP contribution >= 0.6 is 0 Å². The number of benzene rings is 6. The Morgan fingerprint density at radius 1 is 0.577 bits per heavy atom. The van der Waals surface area contributed by atoms with Crippen LogP contribution in [0.1, 0.15) is 75.2 Å². The van der Waals surface area contributed by atoms with Gasteiger partial charge in [0.2, 0.25) is 5.95 Å². The molecule has 5 nitrogen and oxygen atoms in total. The van der Waals surface area contributed by atoms with Gasteiger partial charge in [-0.1, -0.05) is 126 Å². The number of imidazole rings is 1. The van der Waals surface area contributed by atoms with Crippen LogP contribution in [0.4, 0.5) is 11.4 Å². The Kier molecular flexibility index (Phi) is 6.52. The van der Waals surface area contributed by atoms with Crippen molar-refractivity contribution in [3.63, 3.8) is 0 Å². The summed E-state index contributed by atoms with van der Waals surface area (Å²) >= 11 is 0. The van der Waals surface area contributed by atoms with E-state index in [0.717, 1.165) is 61.6 Å². The molecule has 9 rings (SSSR count). The molecule has 0 saturated carbocycles. The van der Waals surface area contributed by atoms with Gasteiger partial charge in [-0.3, -0.25) is 14.1 Å². The first-order chi connectivity index (χ1) is 26.2. The summed E-state index contributed by atoms with van der Waals surface area (Å²) in [4.78, 5) is 5.56. The van der Waals surface area contributed by atoms with Gasteiger partial charge < -0.3 is 0 Å². The average Bonchev–Trinajstić information content (AvgIpc) is 3.84. The molecule has 1 aliphatic rings. The van der Waals surface area contributed by atoms with Crippen molar-refractivity contribution in [2.24, 2.45) is 0 Å². The number of hydrogen-bond acceptors (Lipinski definition) is 3. The largest absolute Gasteiger partial charge is 0.279 e. The molecule has 1 aliphatic heterocycles. The minimum absolute atomic E-state index is 0.0187. The standard InChI is InChI=1S/C47H45N5/c1-30-36-19-11-12-20-40(36)52(49-30)42-22-14-21-41-44(42)48-45(50(41)35-17-9-8-10-18-35)51-39-26-24-34(47(5,6)7)29-38(39)37-25-23-32(28-43(37)51)31-15-13-16-33(27-31)46(2,3)4/h8-30,49H,1-7H3/i1D3. The molecule has 3 heterocycles. The molecule has 1 atom stereocenters. The van der Waals surface area contributed by atoms with Crippen LogP contribution in [0.25, 0.3) is 55.6 Å². The summed E-state index contributed by atoms with van der Waals surface area (Å²) in [6.45, 7) is 11.3. The molecule has 1 N–H and O–H groups in total. The summed E-state index contributed by atoms with van der Waals surface area (Å²) in [5.74, 6) is 0.748. The summed E-state index contributed by atoms with van der Waals surface area (Å²) in [6, 6.07) is 45.9. The molecule has 0 saturated heterocycles. The zero-order valence-electron chi connectivity index (χ0n) is 33.6. The molecular weight excluding hydrogens is 635 g/mol. The van der Waals surface area contributed by atoms with Crippen LogP contribution < -0.4 is 10.4 Å². The van der Waals surface area contributed by atoms with Crippen molar-refractivity contribution >= 4 is 44.2 Å². The molecule has 1 unspecified atom stereocenters. The van der Waals surface area contributed by atoms with Gasteiger partial charge in [-0.15, -0.1) is 0 Å². The lowest BCUT2D eigenvalue weighted by atomic mass is 9.85. The number of anilines is 2. The van der Waals surface area contributed by atoms with E-state index in [0.29, 0.717) is 0 Å². The molecule has 258 valence electrons. The number of aromatic nitrogens is 3. The van der Waals surface area contributed by atoms with E-state index in [1.54, 1.807) is 0 Å². The molecule has 0 fully saturated rings. The highest BCUT2D eigenvalue weighted by Gasteiger charge is 2.29. The minimum atomic E-state index is -2.24. The number of fused-ring (bicyclic) bond motifs is 5. The molecule has 0 bridgehead atoms. The maximum atomic E-state index is 8.37. The predicted molar refractivity (Wildman–Crippen MR) is 218 cm³/mol. The Hall–Kier alpha value is -5.65. The topological polar surface area (TPSA) is 38.0 Å². The van der Waals surface area contributed by atoms with E-state index >= 15 is 0 Å². The zero-order valence-corrected chi connectivity index (χ0v) is 30.6. The van der Waals surface area contributed by atoms with E-state index < -0.39 is 12.9 Å². The number of nitrogens with zero attached hydrogens (tertiary/aromatic N) is 4. The quantitative estimate of drug-likeness (QED) is 0.201. The second-order valence-corrected chi connectivity index (χ2v) is 16.1. The number of hydrogen-bond donors (Lipinski definition) is 1. The molecule has 0 spiro atoms. The van der Waals surface area contributed by atoms with Crippen LogP contribution in [-0.2, 0) is 10.8 Å². The zero-order chi connectivity index (χ0) is 38.4. The van der Waals surface area contributed by atoms with Crippen molar-refractivity contribution in [1.82, 2.24) is 19.5 Å². The highest BCUT2D eigenvalue weighted by atomic mass is 15.5. The SMILES string of the molecule is [2H]C([2H])([2H])C1NN(c2cccc3c2nc(-n2c4ccc(C(C)(C)C)cc4c4ccc(-c5cccc(C(C)(C)C)c5)cc42)n3-c2ccccc2)c2ccccc21. The van der Waals surface area contributed by atoms with Crippen molar-refractivity contribution in [3.05, 3.63) is 150 Å². The van der Waals surface area contributed by atoms with Gasteiger partial charge in [-0.05, 0) is 94.0 Å². The highest BCUT2D eigenvalue weighted by Crippen LogP contribution is 2.43. The summed E-state index contributed by atoms with van der Waals surface area (Å²) in [6.07, 6.45) is 0. The van der Waals surface area contributed by atoms with Crippen molar-refractivity contribution in [1.29, 1.82) is 0 Å². The Balaban J connectivity index is 1.35. The van der Waals surface area contributed by atoms with Crippen molar-refractivity contribution in [2.45, 2.75) is 65.3 Å². The van der Waals surface area contributed by atoms with Gasteiger partial charge in [-0.25, -0.2) is 10.4 Å². The van der Waals surface area contributed by atoms with Crippen LogP contribution in [0, 0.1) is 0 Å². The molecule has 0 aliphatic carbocycles. The number of rotatable bonds is 4. The van der Waals surface area contributed by atoms with Crippen molar-refractivity contribution in [2.75, 3.05) is 5.01 Å². The Morgan fingerprint density at radius 3 is 2.08 bits per heavy atom. The van der Waals surface area contributed by atoms with Gasteiger partial charge in [0.05, 0.1) is 34.0 Å². The van der Waals surface area contributed by atoms with Crippen LogP contribution in [0.15, 0.2) is 133 Å². The molecular formula is C47H45N5. The summed E-state index contributed by atoms with van der Waals surface area (Å²) < 4.78 is 29.6. The lowest BCUT2D eigenvalue weighted by Crippen LogP contribution is -2.29. The highest BCUT2D eigenvalue weighted by molar-refractivity contribution is 6.10. The monoisotopic (exact) mass is 682 g/mol. The van der Waals surface area contributed by atoms with E-state index in [2.05, 4.69) is 147 Å². The number of hydrazine groups is 1. The molecule has 2 aromatic heterocycles. The van der Waals surface area contributed by atoms with Crippen LogP contribution in [0.3, 0.4) is 0 Å². The molecule has 0 amide bonds. The smallest absolute Gasteiger partial charge is 0.220 e. The third-order valence-corrected chi connectivity index (χ3v) is 10.5. The second kappa shape index (κ2) is 11.7. The normalized spacial score (nSPS) is 16.0. The molecule has 5 heteroatoms. The number of para-hydroxylation sites is 3. The van der Waals surface area contributed by atoms with E-state index in [-0.39, 0.29) is 10.8 Å². The Morgan fingerprint density at radius 2 is 1.29 bits per heavy atom. The van der Waals surface area contributed by atoms with E-state index in [4.69, 9.17) is 9.10 Å². The Bertz CT molecular complexity index is 2760. The first kappa shape index (κ1) is 29.0. The minimum Gasteiger partial charge on any atom is -0.279 e. The second-order valence-electron chi connectivity index (χ2n) is 16.1. The summed E-state index contributed by atoms with van der Waals surface area (Å²) in [7, 11) is 0. The van der Waals surface area contributed by atoms with Crippen molar-refractivity contribution in [3.8, 4) is 22.8 Å².